The number of carbonyl (C=O) groups is 1. The van der Waals surface area contributed by atoms with Gasteiger partial charge in [0.05, 0.1) is 0 Å². The van der Waals surface area contributed by atoms with E-state index < -0.39 is 17.4 Å². The lowest BCUT2D eigenvalue weighted by Gasteiger charge is -2.33. The summed E-state index contributed by atoms with van der Waals surface area (Å²) in [5.41, 5.74) is 0.692. The van der Waals surface area contributed by atoms with Gasteiger partial charge >= 0.3 is 6.09 Å². The molecule has 0 fully saturated rings. The van der Waals surface area contributed by atoms with Crippen molar-refractivity contribution >= 4 is 12.0 Å². The van der Waals surface area contributed by atoms with E-state index in [4.69, 9.17) is 0 Å². The fraction of sp³-hybridized carbons (Fsp3) is 0.400. The van der Waals surface area contributed by atoms with Crippen molar-refractivity contribution < 1.29 is 19.1 Å². The van der Waals surface area contributed by atoms with Crippen molar-refractivity contribution in [1.29, 1.82) is 0 Å². The highest BCUT2D eigenvalue weighted by molar-refractivity contribution is 5.66. The summed E-state index contributed by atoms with van der Waals surface area (Å²) in [5.74, 6) is 1.23. The number of hydrogen-bond acceptors (Lipinski definition) is 2. The molecule has 0 bridgehead atoms. The van der Waals surface area contributed by atoms with Crippen molar-refractivity contribution in [3.8, 4) is 0 Å². The molecule has 0 unspecified atom stereocenters. The van der Waals surface area contributed by atoms with Crippen LogP contribution in [-0.4, -0.2) is 27.6 Å². The molecule has 1 aromatic rings. The van der Waals surface area contributed by atoms with E-state index in [0.717, 1.165) is 0 Å². The molecule has 0 saturated heterocycles. The maximum atomic E-state index is 13.3. The van der Waals surface area contributed by atoms with Crippen LogP contribution in [0.1, 0.15) is 31.9 Å². The number of benzene rings is 1. The van der Waals surface area contributed by atoms with Crippen LogP contribution in [-0.2, 0) is 17.8 Å². The zero-order valence-corrected chi connectivity index (χ0v) is 11.8. The molecule has 0 aliphatic carbocycles. The number of carboxylic acid groups (broad SMARTS) is 1. The van der Waals surface area contributed by atoms with Crippen molar-refractivity contribution in [1.82, 2.24) is 4.90 Å². The lowest BCUT2D eigenvalue weighted by Crippen LogP contribution is -2.44. The van der Waals surface area contributed by atoms with Gasteiger partial charge in [-0.2, -0.15) is 0 Å². The second kappa shape index (κ2) is 6.35. The first-order valence-electron chi connectivity index (χ1n) is 6.23. The van der Waals surface area contributed by atoms with Gasteiger partial charge in [0.15, 0.2) is 0 Å². The summed E-state index contributed by atoms with van der Waals surface area (Å²) in [7, 11) is 0. The number of halogens is 1. The van der Waals surface area contributed by atoms with Crippen molar-refractivity contribution in [2.75, 3.05) is 0 Å². The molecule has 0 radical (unpaired) electrons. The zero-order chi connectivity index (χ0) is 15.3. The standard InChI is InChI=1S/C15H18FNO3/c1-15(2,3)17(14(19)20)10-12-6-7-13(16)9-11(12)5-4-8-18/h4,6-7,9H,5,10H2,1-3H3,(H,19,20). The van der Waals surface area contributed by atoms with Crippen LogP contribution in [0.15, 0.2) is 24.3 Å². The highest BCUT2D eigenvalue weighted by Crippen LogP contribution is 2.21. The first kappa shape index (κ1) is 15.9. The largest absolute Gasteiger partial charge is 0.465 e. The Kier molecular flexibility index (Phi) is 5.06. The van der Waals surface area contributed by atoms with Crippen LogP contribution in [0.25, 0.3) is 0 Å². The van der Waals surface area contributed by atoms with E-state index in [1.165, 1.54) is 23.1 Å². The maximum Gasteiger partial charge on any atom is 0.408 e. The molecule has 0 atom stereocenters. The molecule has 20 heavy (non-hydrogen) atoms. The number of amides is 1. The molecule has 5 heteroatoms. The quantitative estimate of drug-likeness (QED) is 0.862. The third kappa shape index (κ3) is 4.21. The van der Waals surface area contributed by atoms with Crippen LogP contribution in [0.2, 0.25) is 0 Å². The number of carbonyl (C=O) groups excluding carboxylic acids is 1. The van der Waals surface area contributed by atoms with Gasteiger partial charge in [0.2, 0.25) is 0 Å². The van der Waals surface area contributed by atoms with E-state index in [2.05, 4.69) is 0 Å². The molecule has 1 rings (SSSR count). The lowest BCUT2D eigenvalue weighted by molar-refractivity contribution is 0.0954. The second-order valence-electron chi connectivity index (χ2n) is 5.48. The molecule has 0 aromatic heterocycles. The van der Waals surface area contributed by atoms with Crippen molar-refractivity contribution in [2.24, 2.45) is 0 Å². The van der Waals surface area contributed by atoms with E-state index >= 15 is 0 Å². The maximum absolute atomic E-state index is 13.3. The summed E-state index contributed by atoms with van der Waals surface area (Å²) in [6.45, 7) is 5.50. The minimum Gasteiger partial charge on any atom is -0.465 e. The smallest absolute Gasteiger partial charge is 0.408 e. The summed E-state index contributed by atoms with van der Waals surface area (Å²) in [5, 5.41) is 9.27. The van der Waals surface area contributed by atoms with Crippen LogP contribution in [0.4, 0.5) is 9.18 Å². The molecule has 0 spiro atoms. The van der Waals surface area contributed by atoms with E-state index in [9.17, 15) is 19.1 Å². The SMILES string of the molecule is CC(C)(C)N(Cc1ccc(F)cc1CC=C=O)C(=O)O. The van der Waals surface area contributed by atoms with Crippen LogP contribution in [0.5, 0.6) is 0 Å². The highest BCUT2D eigenvalue weighted by atomic mass is 19.1. The summed E-state index contributed by atoms with van der Waals surface area (Å²) < 4.78 is 13.3. The van der Waals surface area contributed by atoms with Crippen LogP contribution >= 0.6 is 0 Å². The summed E-state index contributed by atoms with van der Waals surface area (Å²) in [6, 6.07) is 4.14. The van der Waals surface area contributed by atoms with Gasteiger partial charge < -0.3 is 5.11 Å². The average molecular weight is 279 g/mol. The topological polar surface area (TPSA) is 57.6 Å². The van der Waals surface area contributed by atoms with Gasteiger partial charge in [-0.05, 0) is 44.0 Å². The van der Waals surface area contributed by atoms with Crippen molar-refractivity contribution in [3.05, 3.63) is 41.2 Å². The Morgan fingerprint density at radius 3 is 2.55 bits per heavy atom. The van der Waals surface area contributed by atoms with Gasteiger partial charge in [-0.3, -0.25) is 4.90 Å². The third-order valence-electron chi connectivity index (χ3n) is 2.94. The molecule has 1 N–H and O–H groups in total. The molecular formula is C15H18FNO3. The fourth-order valence-electron chi connectivity index (χ4n) is 1.85. The zero-order valence-electron chi connectivity index (χ0n) is 11.8. The minimum absolute atomic E-state index is 0.140. The lowest BCUT2D eigenvalue weighted by atomic mass is 10.0. The van der Waals surface area contributed by atoms with E-state index in [-0.39, 0.29) is 13.0 Å². The predicted octanol–water partition coefficient (Wildman–Crippen LogP) is 3.03. The van der Waals surface area contributed by atoms with E-state index in [0.29, 0.717) is 11.1 Å². The number of nitrogens with zero attached hydrogens (tertiary/aromatic N) is 1. The predicted molar refractivity (Wildman–Crippen MR) is 73.7 cm³/mol. The van der Waals surface area contributed by atoms with Gasteiger partial charge in [0.25, 0.3) is 0 Å². The molecule has 0 heterocycles. The minimum atomic E-state index is -1.04. The first-order chi connectivity index (χ1) is 9.25. The van der Waals surface area contributed by atoms with Crippen LogP contribution in [0, 0.1) is 5.82 Å². The first-order valence-corrected chi connectivity index (χ1v) is 6.23. The monoisotopic (exact) mass is 279 g/mol. The number of rotatable bonds is 4. The Hall–Kier alpha value is -2.13. The number of allylic oxidation sites excluding steroid dienone is 1. The molecule has 0 saturated carbocycles. The molecular weight excluding hydrogens is 261 g/mol. The normalized spacial score (nSPS) is 10.8. The van der Waals surface area contributed by atoms with Gasteiger partial charge in [-0.1, -0.05) is 6.07 Å². The average Bonchev–Trinajstić information content (AvgIpc) is 2.33. The van der Waals surface area contributed by atoms with E-state index in [1.54, 1.807) is 32.8 Å². The van der Waals surface area contributed by atoms with Crippen LogP contribution in [0.3, 0.4) is 0 Å². The molecule has 0 aliphatic rings. The van der Waals surface area contributed by atoms with Gasteiger partial charge in [0, 0.05) is 24.6 Å². The fourth-order valence-corrected chi connectivity index (χ4v) is 1.85. The van der Waals surface area contributed by atoms with Gasteiger partial charge in [-0.15, -0.1) is 0 Å². The van der Waals surface area contributed by atoms with Crippen LogP contribution < -0.4 is 0 Å². The summed E-state index contributed by atoms with van der Waals surface area (Å²) >= 11 is 0. The molecule has 108 valence electrons. The van der Waals surface area contributed by atoms with E-state index in [1.807, 2.05) is 0 Å². The Balaban J connectivity index is 3.12. The highest BCUT2D eigenvalue weighted by Gasteiger charge is 2.26. The second-order valence-corrected chi connectivity index (χ2v) is 5.48. The van der Waals surface area contributed by atoms with Gasteiger partial charge in [-0.25, -0.2) is 14.0 Å². The molecule has 1 aromatic carbocycles. The number of hydrogen-bond donors (Lipinski definition) is 1. The third-order valence-corrected chi connectivity index (χ3v) is 2.94. The molecule has 0 aliphatic heterocycles. The van der Waals surface area contributed by atoms with Crippen molar-refractivity contribution in [3.63, 3.8) is 0 Å². The Labute approximate surface area is 117 Å². The van der Waals surface area contributed by atoms with Gasteiger partial charge in [0.1, 0.15) is 11.8 Å². The molecule has 1 amide bonds. The summed E-state index contributed by atoms with van der Waals surface area (Å²) in [4.78, 5) is 22.9. The summed E-state index contributed by atoms with van der Waals surface area (Å²) in [6.07, 6.45) is 0.438. The Bertz CT molecular complexity index is 543. The molecule has 4 nitrogen and oxygen atoms in total. The Morgan fingerprint density at radius 1 is 1.40 bits per heavy atom. The Morgan fingerprint density at radius 2 is 2.05 bits per heavy atom. The van der Waals surface area contributed by atoms with Crippen molar-refractivity contribution in [2.45, 2.75) is 39.3 Å².